The molecule has 0 aromatic heterocycles. The van der Waals surface area contributed by atoms with Crippen molar-refractivity contribution in [1.29, 1.82) is 0 Å². The number of ketones is 1. The Bertz CT molecular complexity index is 631. The lowest BCUT2D eigenvalue weighted by Gasteiger charge is -2.21. The second-order valence-corrected chi connectivity index (χ2v) is 6.60. The summed E-state index contributed by atoms with van der Waals surface area (Å²) in [6.07, 6.45) is 1.31. The normalized spacial score (nSPS) is 12.6. The number of hydrogen-bond acceptors (Lipinski definition) is 7. The molecule has 1 aromatic rings. The molecule has 1 unspecified atom stereocenters. The van der Waals surface area contributed by atoms with E-state index in [1.165, 1.54) is 13.2 Å². The molecular formula is C17H27N3O5. The lowest BCUT2D eigenvalue weighted by atomic mass is 9.84. The molecular weight excluding hydrogens is 326 g/mol. The Kier molecular flexibility index (Phi) is 7.32. The van der Waals surface area contributed by atoms with Crippen LogP contribution in [0.15, 0.2) is 12.1 Å². The van der Waals surface area contributed by atoms with Crippen LogP contribution in [0.3, 0.4) is 0 Å². The van der Waals surface area contributed by atoms with E-state index >= 15 is 0 Å². The zero-order valence-corrected chi connectivity index (χ0v) is 15.4. The summed E-state index contributed by atoms with van der Waals surface area (Å²) in [5.41, 5.74) is 2.40. The molecule has 1 aromatic carbocycles. The van der Waals surface area contributed by atoms with E-state index in [9.17, 15) is 14.9 Å². The van der Waals surface area contributed by atoms with Gasteiger partial charge in [-0.2, -0.15) is 0 Å². The van der Waals surface area contributed by atoms with E-state index < -0.39 is 16.4 Å². The Morgan fingerprint density at radius 3 is 2.52 bits per heavy atom. The summed E-state index contributed by atoms with van der Waals surface area (Å²) in [7, 11) is 1.47. The van der Waals surface area contributed by atoms with Crippen LogP contribution in [0, 0.1) is 15.5 Å². The molecule has 0 amide bonds. The number of methoxy groups -OCH3 is 1. The molecule has 0 radical (unpaired) electrons. The molecule has 1 atom stereocenters. The van der Waals surface area contributed by atoms with Gasteiger partial charge in [0.2, 0.25) is 0 Å². The first kappa shape index (κ1) is 20.9. The van der Waals surface area contributed by atoms with Crippen LogP contribution in [-0.2, 0) is 4.79 Å². The highest BCUT2D eigenvalue weighted by Crippen LogP contribution is 2.37. The summed E-state index contributed by atoms with van der Waals surface area (Å²) in [5.74, 6) is 6.20. The van der Waals surface area contributed by atoms with Gasteiger partial charge < -0.3 is 9.47 Å². The van der Waals surface area contributed by atoms with Gasteiger partial charge in [0.1, 0.15) is 5.78 Å². The number of Topliss-reactive ketones (excluding diaryl/α,β-unsaturated/α-hetero) is 1. The van der Waals surface area contributed by atoms with Crippen molar-refractivity contribution in [2.24, 2.45) is 11.3 Å². The monoisotopic (exact) mass is 353 g/mol. The third-order valence-corrected chi connectivity index (χ3v) is 4.38. The van der Waals surface area contributed by atoms with Gasteiger partial charge in [-0.1, -0.05) is 13.8 Å². The highest BCUT2D eigenvalue weighted by atomic mass is 16.6. The third kappa shape index (κ3) is 5.40. The Balaban J connectivity index is 2.94. The molecule has 0 saturated heterocycles. The zero-order chi connectivity index (χ0) is 19.2. The van der Waals surface area contributed by atoms with Gasteiger partial charge in [-0.25, -0.2) is 0 Å². The van der Waals surface area contributed by atoms with Gasteiger partial charge in [0.05, 0.1) is 36.3 Å². The maximum atomic E-state index is 11.5. The number of rotatable bonds is 10. The van der Waals surface area contributed by atoms with Gasteiger partial charge in [-0.15, -0.1) is 0 Å². The molecule has 0 spiro atoms. The molecule has 0 aliphatic carbocycles. The zero-order valence-electron chi connectivity index (χ0n) is 15.4. The van der Waals surface area contributed by atoms with Crippen molar-refractivity contribution in [3.63, 3.8) is 0 Å². The molecule has 1 rings (SSSR count). The van der Waals surface area contributed by atoms with Gasteiger partial charge in [0, 0.05) is 5.41 Å². The van der Waals surface area contributed by atoms with E-state index in [-0.39, 0.29) is 11.5 Å². The molecule has 25 heavy (non-hydrogen) atoms. The predicted octanol–water partition coefficient (Wildman–Crippen LogP) is 2.90. The topological polar surface area (TPSA) is 117 Å². The average Bonchev–Trinajstić information content (AvgIpc) is 2.56. The first-order chi connectivity index (χ1) is 11.6. The van der Waals surface area contributed by atoms with Crippen LogP contribution in [0.5, 0.6) is 11.5 Å². The van der Waals surface area contributed by atoms with Gasteiger partial charge in [0.15, 0.2) is 11.5 Å². The number of carbonyl (C=O) groups is 1. The Morgan fingerprint density at radius 1 is 1.40 bits per heavy atom. The number of carbonyl (C=O) groups excluding carboxylic acids is 1. The predicted molar refractivity (Wildman–Crippen MR) is 94.6 cm³/mol. The van der Waals surface area contributed by atoms with E-state index in [1.54, 1.807) is 19.9 Å². The summed E-state index contributed by atoms with van der Waals surface area (Å²) in [6.45, 7) is 7.38. The number of ether oxygens (including phenoxy) is 2. The second-order valence-electron chi connectivity index (χ2n) is 6.60. The van der Waals surface area contributed by atoms with Gasteiger partial charge in [-0.3, -0.25) is 26.2 Å². The van der Waals surface area contributed by atoms with Crippen molar-refractivity contribution in [2.75, 3.05) is 13.7 Å². The smallest absolute Gasteiger partial charge is 0.278 e. The minimum Gasteiger partial charge on any atom is -0.493 e. The van der Waals surface area contributed by atoms with Crippen molar-refractivity contribution < 1.29 is 19.2 Å². The van der Waals surface area contributed by atoms with E-state index in [2.05, 4.69) is 5.43 Å². The Labute approximate surface area is 147 Å². The lowest BCUT2D eigenvalue weighted by Crippen LogP contribution is -2.26. The van der Waals surface area contributed by atoms with Crippen LogP contribution in [0.4, 0.5) is 5.69 Å². The van der Waals surface area contributed by atoms with Gasteiger partial charge >= 0.3 is 0 Å². The van der Waals surface area contributed by atoms with Crippen molar-refractivity contribution in [1.82, 2.24) is 5.43 Å². The summed E-state index contributed by atoms with van der Waals surface area (Å²) < 4.78 is 11.0. The Morgan fingerprint density at radius 2 is 2.04 bits per heavy atom. The molecule has 8 heteroatoms. The van der Waals surface area contributed by atoms with Crippen LogP contribution >= 0.6 is 0 Å². The highest BCUT2D eigenvalue weighted by Gasteiger charge is 2.24. The molecule has 0 heterocycles. The third-order valence-electron chi connectivity index (χ3n) is 4.38. The largest absolute Gasteiger partial charge is 0.493 e. The van der Waals surface area contributed by atoms with E-state index in [0.717, 1.165) is 0 Å². The van der Waals surface area contributed by atoms with Crippen LogP contribution in [-0.4, -0.2) is 24.4 Å². The number of benzene rings is 1. The van der Waals surface area contributed by atoms with Crippen LogP contribution in [0.2, 0.25) is 0 Å². The van der Waals surface area contributed by atoms with Crippen LogP contribution in [0.1, 0.15) is 52.1 Å². The van der Waals surface area contributed by atoms with Crippen molar-refractivity contribution in [3.05, 3.63) is 27.8 Å². The highest BCUT2D eigenvalue weighted by molar-refractivity contribution is 5.81. The number of hydrazine groups is 1. The fraction of sp³-hybridized carbons (Fsp3) is 0.588. The second kappa shape index (κ2) is 8.77. The van der Waals surface area contributed by atoms with Crippen molar-refractivity contribution in [2.45, 2.75) is 46.6 Å². The van der Waals surface area contributed by atoms with Crippen LogP contribution < -0.4 is 20.7 Å². The SMILES string of the molecule is COc1cc(C(C)NN)c([N+](=O)[O-])cc1OCCCC(C)(C)C(C)=O. The number of nitrogens with zero attached hydrogens (tertiary/aromatic N) is 1. The minimum atomic E-state index is -0.478. The summed E-state index contributed by atoms with van der Waals surface area (Å²) in [6, 6.07) is 2.48. The number of hydrogen-bond donors (Lipinski definition) is 2. The molecule has 0 saturated carbocycles. The maximum absolute atomic E-state index is 11.5. The Hall–Kier alpha value is -2.19. The lowest BCUT2D eigenvalue weighted by molar-refractivity contribution is -0.385. The first-order valence-electron chi connectivity index (χ1n) is 8.10. The fourth-order valence-electron chi connectivity index (χ4n) is 2.30. The standard InChI is InChI=1S/C17H27N3O5/c1-11(19-18)13-9-15(24-5)16(10-14(13)20(22)23)25-8-6-7-17(3,4)12(2)21/h9-11,19H,6-8,18H2,1-5H3. The first-order valence-corrected chi connectivity index (χ1v) is 8.10. The molecule has 3 N–H and O–H groups in total. The average molecular weight is 353 g/mol. The molecule has 140 valence electrons. The summed E-state index contributed by atoms with van der Waals surface area (Å²) in [4.78, 5) is 22.4. The number of nitro benzene ring substituents is 1. The molecule has 0 bridgehead atoms. The quantitative estimate of drug-likeness (QED) is 0.287. The van der Waals surface area contributed by atoms with Crippen molar-refractivity contribution >= 4 is 11.5 Å². The van der Waals surface area contributed by atoms with E-state index in [1.807, 2.05) is 13.8 Å². The molecule has 0 fully saturated rings. The number of nitrogens with two attached hydrogens (primary N) is 1. The van der Waals surface area contributed by atoms with Crippen molar-refractivity contribution in [3.8, 4) is 11.5 Å². The number of nitro groups is 1. The summed E-state index contributed by atoms with van der Waals surface area (Å²) in [5, 5.41) is 11.3. The molecule has 0 aliphatic heterocycles. The summed E-state index contributed by atoms with van der Waals surface area (Å²) >= 11 is 0. The molecule has 0 aliphatic rings. The van der Waals surface area contributed by atoms with Crippen LogP contribution in [0.25, 0.3) is 0 Å². The van der Waals surface area contributed by atoms with Gasteiger partial charge in [-0.05, 0) is 32.8 Å². The van der Waals surface area contributed by atoms with E-state index in [4.69, 9.17) is 15.3 Å². The van der Waals surface area contributed by atoms with E-state index in [0.29, 0.717) is 36.5 Å². The fourth-order valence-corrected chi connectivity index (χ4v) is 2.30. The maximum Gasteiger partial charge on any atom is 0.278 e. The minimum absolute atomic E-state index is 0.0923. The molecule has 8 nitrogen and oxygen atoms in total. The van der Waals surface area contributed by atoms with Gasteiger partial charge in [0.25, 0.3) is 5.69 Å². The number of nitrogens with one attached hydrogen (secondary N) is 1.